The zero-order chi connectivity index (χ0) is 36.4. The predicted octanol–water partition coefficient (Wildman–Crippen LogP) is 8.06. The van der Waals surface area contributed by atoms with Gasteiger partial charge in [0.2, 0.25) is 5.48 Å². The van der Waals surface area contributed by atoms with E-state index < -0.39 is 23.5 Å². The van der Waals surface area contributed by atoms with Crippen molar-refractivity contribution in [3.05, 3.63) is 116 Å². The van der Waals surface area contributed by atoms with Gasteiger partial charge in [0.15, 0.2) is 0 Å². The van der Waals surface area contributed by atoms with E-state index in [0.29, 0.717) is 44.1 Å². The normalized spacial score (nSPS) is 12.4. The van der Waals surface area contributed by atoms with Gasteiger partial charge in [0.25, 0.3) is 0 Å². The lowest BCUT2D eigenvalue weighted by Gasteiger charge is -2.18. The Bertz CT molecular complexity index is 2740. The van der Waals surface area contributed by atoms with E-state index in [0.717, 1.165) is 24.3 Å². The van der Waals surface area contributed by atoms with Gasteiger partial charge < -0.3 is 9.13 Å². The molecule has 246 valence electrons. The topological polar surface area (TPSA) is 72.5 Å². The average Bonchev–Trinajstić information content (AvgIpc) is 3.56. The Morgan fingerprint density at radius 2 is 1.28 bits per heavy atom. The minimum Gasteiger partial charge on any atom is -0.335 e. The van der Waals surface area contributed by atoms with Gasteiger partial charge in [-0.15, -0.1) is 0 Å². The molecule has 0 fully saturated rings. The Balaban J connectivity index is 1.93. The van der Waals surface area contributed by atoms with Crippen LogP contribution in [0.5, 0.6) is 0 Å². The van der Waals surface area contributed by atoms with Crippen LogP contribution in [0.3, 0.4) is 0 Å². The molecule has 2 heterocycles. The van der Waals surface area contributed by atoms with Crippen molar-refractivity contribution in [2.24, 2.45) is 14.1 Å². The van der Waals surface area contributed by atoms with Crippen molar-refractivity contribution in [2.75, 3.05) is 0 Å². The molecule has 0 saturated heterocycles. The number of fused-ring (bicyclic) bond motifs is 4. The highest BCUT2D eigenvalue weighted by Gasteiger charge is 2.33. The lowest BCUT2D eigenvalue weighted by Crippen LogP contribution is -2.17. The smallest absolute Gasteiger partial charge is 0.335 e. The fourth-order valence-corrected chi connectivity index (χ4v) is 6.36. The number of halogens is 6. The molecule has 6 rings (SSSR count). The van der Waals surface area contributed by atoms with E-state index in [1.807, 2.05) is 6.07 Å². The van der Waals surface area contributed by atoms with Crippen LogP contribution in [0.25, 0.3) is 81.1 Å². The highest BCUT2D eigenvalue weighted by Crippen LogP contribution is 2.45. The molecule has 14 heteroatoms. The first-order chi connectivity index (χ1) is 23.5. The van der Waals surface area contributed by atoms with Crippen LogP contribution in [0.15, 0.2) is 48.5 Å². The van der Waals surface area contributed by atoms with E-state index in [2.05, 4.69) is 24.5 Å². The first kappa shape index (κ1) is 33.3. The van der Waals surface area contributed by atoms with Crippen LogP contribution >= 0.6 is 0 Å². The van der Waals surface area contributed by atoms with Crippen molar-refractivity contribution in [1.82, 2.24) is 19.1 Å². The summed E-state index contributed by atoms with van der Waals surface area (Å²) in [5.41, 5.74) is 1.05. The summed E-state index contributed by atoms with van der Waals surface area (Å²) < 4.78 is 85.2. The van der Waals surface area contributed by atoms with Crippen LogP contribution in [0.1, 0.15) is 22.3 Å². The molecular formula is C36H20F6N8. The van der Waals surface area contributed by atoms with E-state index in [4.69, 9.17) is 19.7 Å². The van der Waals surface area contributed by atoms with E-state index in [-0.39, 0.29) is 44.6 Å². The maximum Gasteiger partial charge on any atom is 0.562 e. The first-order valence-corrected chi connectivity index (χ1v) is 14.5. The highest BCUT2D eigenvalue weighted by atomic mass is 19.4. The Labute approximate surface area is 279 Å². The molecule has 0 unspecified atom stereocenters. The summed E-state index contributed by atoms with van der Waals surface area (Å²) in [6.45, 7) is 25.7. The second-order valence-corrected chi connectivity index (χ2v) is 11.5. The molecule has 8 nitrogen and oxygen atoms in total. The standard InChI is InChI=1S/C36H20F6N8/c1-17-12-20(35(37,38)39)8-10-22(17)24-14-19-15-25-30(49(6)34(47-25)32(45-4)46-5)28(23-11-9-21(13-18(23)2)36(40,41)42)27(19)31-29(24)48-33(50(31)7)26(16-43)44-3/h8-15H,1-2,6-7H3/b33-26-. The zero-order valence-corrected chi connectivity index (χ0v) is 26.5. The third-order valence-corrected chi connectivity index (χ3v) is 8.58. The molecule has 0 radical (unpaired) electrons. The molecule has 4 aromatic carbocycles. The van der Waals surface area contributed by atoms with Crippen molar-refractivity contribution < 1.29 is 26.3 Å². The SMILES string of the molecule is [C-]#[N+]C([N+]#[C-])=c1nc2cc3cc(-c4ccc(C(F)(F)F)cc4C)c4n/c(=C(\C#N)[N+]#[C-])n(C)c4c3c(-c3ccc(C(F)(F)F)cc3C)c2n1C. The number of alkyl halides is 6. The fraction of sp³-hybridized carbons (Fsp3) is 0.167. The molecule has 0 amide bonds. The van der Waals surface area contributed by atoms with Crippen molar-refractivity contribution in [3.63, 3.8) is 0 Å². The quantitative estimate of drug-likeness (QED) is 0.138. The molecule has 50 heavy (non-hydrogen) atoms. The molecule has 0 spiro atoms. The fourth-order valence-electron chi connectivity index (χ4n) is 6.36. The van der Waals surface area contributed by atoms with Gasteiger partial charge in [0, 0.05) is 30.6 Å². The van der Waals surface area contributed by atoms with Gasteiger partial charge in [-0.1, -0.05) is 12.1 Å². The number of hydrogen-bond acceptors (Lipinski definition) is 3. The lowest BCUT2D eigenvalue weighted by molar-refractivity contribution is -0.138. The van der Waals surface area contributed by atoms with Crippen molar-refractivity contribution in [3.8, 4) is 28.3 Å². The molecule has 0 atom stereocenters. The number of benzene rings is 4. The van der Waals surface area contributed by atoms with Crippen molar-refractivity contribution in [1.29, 1.82) is 5.26 Å². The zero-order valence-electron chi connectivity index (χ0n) is 26.5. The summed E-state index contributed by atoms with van der Waals surface area (Å²) in [6.07, 6.45) is -9.23. The Hall–Kier alpha value is -6.64. The summed E-state index contributed by atoms with van der Waals surface area (Å²) in [5.74, 6) is -0.345. The number of nitriles is 1. The number of imidazole rings is 2. The molecular weight excluding hydrogens is 658 g/mol. The highest BCUT2D eigenvalue weighted by molar-refractivity contribution is 6.22. The van der Waals surface area contributed by atoms with Gasteiger partial charge in [-0.05, 0) is 77.9 Å². The van der Waals surface area contributed by atoms with Gasteiger partial charge in [-0.25, -0.2) is 20.1 Å². The molecule has 0 N–H and O–H groups in total. The van der Waals surface area contributed by atoms with Gasteiger partial charge >= 0.3 is 23.9 Å². The second kappa shape index (κ2) is 11.5. The number of nitrogens with zero attached hydrogens (tertiary/aromatic N) is 8. The minimum absolute atomic E-state index is 0.0139. The predicted molar refractivity (Wildman–Crippen MR) is 174 cm³/mol. The van der Waals surface area contributed by atoms with Crippen molar-refractivity contribution in [2.45, 2.75) is 26.2 Å². The minimum atomic E-state index is -4.63. The summed E-state index contributed by atoms with van der Waals surface area (Å²) in [7, 11) is 3.13. The number of rotatable bonds is 2. The maximum absolute atomic E-state index is 13.8. The Morgan fingerprint density at radius 1 is 0.720 bits per heavy atom. The van der Waals surface area contributed by atoms with Crippen LogP contribution < -0.4 is 11.0 Å². The monoisotopic (exact) mass is 678 g/mol. The molecule has 0 aliphatic heterocycles. The summed E-state index contributed by atoms with van der Waals surface area (Å²) in [6, 6.07) is 11.6. The molecule has 2 aromatic heterocycles. The van der Waals surface area contributed by atoms with Crippen LogP contribution in [0.4, 0.5) is 26.3 Å². The average molecular weight is 679 g/mol. The van der Waals surface area contributed by atoms with Crippen LogP contribution in [0, 0.1) is 44.9 Å². The first-order valence-electron chi connectivity index (χ1n) is 14.5. The van der Waals surface area contributed by atoms with Crippen molar-refractivity contribution >= 4 is 44.4 Å². The van der Waals surface area contributed by atoms with E-state index in [1.54, 1.807) is 26.2 Å². The van der Waals surface area contributed by atoms with Gasteiger partial charge in [0.05, 0.1) is 45.8 Å². The summed E-state index contributed by atoms with van der Waals surface area (Å²) in [4.78, 5) is 19.2. The summed E-state index contributed by atoms with van der Waals surface area (Å²) in [5, 5.41) is 10.7. The van der Waals surface area contributed by atoms with Gasteiger partial charge in [-0.2, -0.15) is 36.0 Å². The Morgan fingerprint density at radius 3 is 1.78 bits per heavy atom. The van der Waals surface area contributed by atoms with E-state index in [9.17, 15) is 31.6 Å². The van der Waals surface area contributed by atoms with E-state index >= 15 is 0 Å². The third-order valence-electron chi connectivity index (χ3n) is 8.58. The second-order valence-electron chi connectivity index (χ2n) is 11.5. The number of aromatic nitrogens is 4. The summed E-state index contributed by atoms with van der Waals surface area (Å²) >= 11 is 0. The lowest BCUT2D eigenvalue weighted by atomic mass is 9.89. The number of hydrogen-bond donors (Lipinski definition) is 0. The molecule has 0 aliphatic carbocycles. The molecule has 0 bridgehead atoms. The van der Waals surface area contributed by atoms with Gasteiger partial charge in [-0.3, -0.25) is 0 Å². The van der Waals surface area contributed by atoms with Crippen LogP contribution in [-0.4, -0.2) is 19.1 Å². The Kier molecular flexibility index (Phi) is 7.66. The molecule has 0 saturated carbocycles. The van der Waals surface area contributed by atoms with Gasteiger partial charge in [0.1, 0.15) is 18.6 Å². The largest absolute Gasteiger partial charge is 0.562 e. The molecule has 6 aromatic rings. The third kappa shape index (κ3) is 5.06. The van der Waals surface area contributed by atoms with E-state index in [1.165, 1.54) is 35.1 Å². The van der Waals surface area contributed by atoms with Crippen LogP contribution in [-0.2, 0) is 26.4 Å². The van der Waals surface area contributed by atoms with Crippen LogP contribution in [0.2, 0.25) is 0 Å². The number of aryl methyl sites for hydroxylation is 4. The molecule has 0 aliphatic rings. The maximum atomic E-state index is 13.8.